The summed E-state index contributed by atoms with van der Waals surface area (Å²) in [6.07, 6.45) is 2.07. The number of nitrogens with two attached hydrogens (primary N) is 3. The first kappa shape index (κ1) is 31.0. The summed E-state index contributed by atoms with van der Waals surface area (Å²) in [4.78, 5) is 27.3. The number of nitrogens with one attached hydrogen (secondary N) is 1. The van der Waals surface area contributed by atoms with Crippen molar-refractivity contribution in [2.45, 2.75) is 45.8 Å². The highest BCUT2D eigenvalue weighted by molar-refractivity contribution is 5.93. The van der Waals surface area contributed by atoms with Crippen molar-refractivity contribution in [2.75, 3.05) is 20.8 Å². The molecule has 0 radical (unpaired) electrons. The maximum Gasteiger partial charge on any atom is 0.248 e. The Hall–Kier alpha value is -4.50. The highest BCUT2D eigenvalue weighted by atomic mass is 16.5. The second-order valence-corrected chi connectivity index (χ2v) is 10.1. The number of amides is 2. The van der Waals surface area contributed by atoms with E-state index in [1.165, 1.54) is 0 Å². The summed E-state index contributed by atoms with van der Waals surface area (Å²) in [5, 5.41) is 3.26. The van der Waals surface area contributed by atoms with Gasteiger partial charge in [-0.25, -0.2) is 0 Å². The van der Waals surface area contributed by atoms with Gasteiger partial charge in [-0.15, -0.1) is 0 Å². The predicted octanol–water partition coefficient (Wildman–Crippen LogP) is 3.25. The van der Waals surface area contributed by atoms with E-state index in [-0.39, 0.29) is 11.9 Å². The number of hydrogen-bond acceptors (Lipinski definition) is 7. The summed E-state index contributed by atoms with van der Waals surface area (Å²) in [6, 6.07) is 17.7. The van der Waals surface area contributed by atoms with Crippen molar-refractivity contribution in [2.24, 2.45) is 17.2 Å². The van der Waals surface area contributed by atoms with Gasteiger partial charge in [0, 0.05) is 30.9 Å². The van der Waals surface area contributed by atoms with Crippen molar-refractivity contribution in [3.63, 3.8) is 0 Å². The molecule has 0 saturated carbocycles. The van der Waals surface area contributed by atoms with Crippen molar-refractivity contribution < 1.29 is 19.1 Å². The number of aryl methyl sites for hydroxylation is 2. The fourth-order valence-electron chi connectivity index (χ4n) is 4.77. The van der Waals surface area contributed by atoms with Gasteiger partial charge in [0.2, 0.25) is 11.8 Å². The molecule has 0 saturated heterocycles. The molecule has 0 heterocycles. The zero-order valence-corrected chi connectivity index (χ0v) is 24.4. The number of carbonyl (C=O) groups excluding carboxylic acids is 2. The number of carbonyl (C=O) groups is 2. The minimum absolute atomic E-state index is 0.202. The van der Waals surface area contributed by atoms with Crippen molar-refractivity contribution in [1.29, 1.82) is 0 Å². The third-order valence-corrected chi connectivity index (χ3v) is 7.12. The second kappa shape index (κ2) is 14.2. The van der Waals surface area contributed by atoms with E-state index in [1.807, 2.05) is 69.3 Å². The first-order valence-corrected chi connectivity index (χ1v) is 13.5. The Morgan fingerprint density at radius 2 is 1.56 bits per heavy atom. The van der Waals surface area contributed by atoms with Gasteiger partial charge in [-0.3, -0.25) is 9.59 Å². The van der Waals surface area contributed by atoms with Crippen molar-refractivity contribution in [1.82, 2.24) is 10.2 Å². The molecule has 3 aromatic carbocycles. The van der Waals surface area contributed by atoms with Gasteiger partial charge in [-0.2, -0.15) is 0 Å². The van der Waals surface area contributed by atoms with Crippen molar-refractivity contribution >= 4 is 17.5 Å². The van der Waals surface area contributed by atoms with Crippen LogP contribution in [0.2, 0.25) is 0 Å². The van der Waals surface area contributed by atoms with Gasteiger partial charge in [0.25, 0.3) is 0 Å². The Kier molecular flexibility index (Phi) is 10.8. The number of primary amides is 1. The Morgan fingerprint density at radius 3 is 2.15 bits per heavy atom. The van der Waals surface area contributed by atoms with E-state index in [9.17, 15) is 9.59 Å². The molecule has 9 nitrogen and oxygen atoms in total. The number of hydrogen-bond donors (Lipinski definition) is 4. The fourth-order valence-corrected chi connectivity index (χ4v) is 4.77. The largest absolute Gasteiger partial charge is 0.493 e. The predicted molar refractivity (Wildman–Crippen MR) is 162 cm³/mol. The van der Waals surface area contributed by atoms with Crippen LogP contribution in [0.15, 0.2) is 66.9 Å². The topological polar surface area (TPSA) is 146 Å². The van der Waals surface area contributed by atoms with Crippen LogP contribution in [0.3, 0.4) is 0 Å². The molecule has 0 aliphatic rings. The highest BCUT2D eigenvalue weighted by Gasteiger charge is 2.27. The number of rotatable bonds is 13. The number of ether oxygens (including phenoxy) is 2. The molecule has 0 bridgehead atoms. The van der Waals surface area contributed by atoms with Gasteiger partial charge in [0.1, 0.15) is 0 Å². The quantitative estimate of drug-likeness (QED) is 0.251. The van der Waals surface area contributed by atoms with Gasteiger partial charge >= 0.3 is 0 Å². The van der Waals surface area contributed by atoms with Gasteiger partial charge in [-0.05, 0) is 79.3 Å². The molecule has 41 heavy (non-hydrogen) atoms. The molecular weight excluding hydrogens is 518 g/mol. The van der Waals surface area contributed by atoms with Crippen LogP contribution in [-0.4, -0.2) is 49.6 Å². The maximum atomic E-state index is 13.9. The summed E-state index contributed by atoms with van der Waals surface area (Å²) in [5.74, 6) is 0.485. The molecule has 0 aromatic heterocycles. The molecule has 7 N–H and O–H groups in total. The molecule has 218 valence electrons. The van der Waals surface area contributed by atoms with E-state index < -0.39 is 11.9 Å². The molecule has 0 fully saturated rings. The minimum Gasteiger partial charge on any atom is -0.493 e. The molecular formula is C32H41N5O4. The van der Waals surface area contributed by atoms with Crippen LogP contribution in [0, 0.1) is 13.8 Å². The van der Waals surface area contributed by atoms with Gasteiger partial charge in [-0.1, -0.05) is 36.4 Å². The highest BCUT2D eigenvalue weighted by Crippen LogP contribution is 2.28. The standard InChI is InChI=1S/C32H41N5O4/c1-20-13-25(31(35)38)14-21(2)26(20)16-27(33)32(39)37(19-23-11-12-29(40-4)30(15-23)41-5)22(3)17-36-18-28(34)24-9-7-6-8-10-24/h6-15,18,22,27,36H,16-17,19,33-34H2,1-5H3,(H2,35,38)/b28-18-. The smallest absolute Gasteiger partial charge is 0.248 e. The average molecular weight is 560 g/mol. The first-order chi connectivity index (χ1) is 19.5. The lowest BCUT2D eigenvalue weighted by atomic mass is 9.93. The van der Waals surface area contributed by atoms with Gasteiger partial charge in [0.15, 0.2) is 11.5 Å². The lowest BCUT2D eigenvalue weighted by molar-refractivity contribution is -0.135. The third kappa shape index (κ3) is 8.02. The van der Waals surface area contributed by atoms with Crippen LogP contribution in [0.5, 0.6) is 11.5 Å². The van der Waals surface area contributed by atoms with E-state index in [1.54, 1.807) is 37.5 Å². The second-order valence-electron chi connectivity index (χ2n) is 10.1. The molecule has 0 spiro atoms. The van der Waals surface area contributed by atoms with Crippen LogP contribution in [0.4, 0.5) is 0 Å². The average Bonchev–Trinajstić information content (AvgIpc) is 2.97. The number of methoxy groups -OCH3 is 2. The summed E-state index contributed by atoms with van der Waals surface area (Å²) in [7, 11) is 3.15. The van der Waals surface area contributed by atoms with E-state index >= 15 is 0 Å². The zero-order chi connectivity index (χ0) is 30.1. The Morgan fingerprint density at radius 1 is 0.927 bits per heavy atom. The lowest BCUT2D eigenvalue weighted by Gasteiger charge is -2.32. The van der Waals surface area contributed by atoms with Crippen LogP contribution >= 0.6 is 0 Å². The molecule has 2 atom stereocenters. The SMILES string of the molecule is COc1ccc(CN(C(=O)C(N)Cc2c(C)cc(C(N)=O)cc2C)C(C)CN/C=C(\N)c2ccccc2)cc1OC. The molecule has 0 aliphatic carbocycles. The van der Waals surface area contributed by atoms with Crippen LogP contribution in [-0.2, 0) is 17.8 Å². The number of benzene rings is 3. The summed E-state index contributed by atoms with van der Waals surface area (Å²) in [5.41, 5.74) is 23.7. The summed E-state index contributed by atoms with van der Waals surface area (Å²) >= 11 is 0. The summed E-state index contributed by atoms with van der Waals surface area (Å²) < 4.78 is 10.8. The normalized spacial score (nSPS) is 12.8. The molecule has 2 amide bonds. The zero-order valence-electron chi connectivity index (χ0n) is 24.4. The first-order valence-electron chi connectivity index (χ1n) is 13.5. The minimum atomic E-state index is -0.806. The van der Waals surface area contributed by atoms with Crippen LogP contribution in [0.25, 0.3) is 5.70 Å². The molecule has 3 rings (SSSR count). The van der Waals surface area contributed by atoms with Crippen molar-refractivity contribution in [3.8, 4) is 11.5 Å². The summed E-state index contributed by atoms with van der Waals surface area (Å²) in [6.45, 7) is 6.51. The van der Waals surface area contributed by atoms with E-state index in [0.29, 0.717) is 42.3 Å². The Bertz CT molecular complexity index is 1370. The molecule has 0 aliphatic heterocycles. The van der Waals surface area contributed by atoms with E-state index in [2.05, 4.69) is 5.32 Å². The fraction of sp³-hybridized carbons (Fsp3) is 0.312. The molecule has 9 heteroatoms. The van der Waals surface area contributed by atoms with Crippen LogP contribution < -0.4 is 32.0 Å². The van der Waals surface area contributed by atoms with Crippen LogP contribution in [0.1, 0.15) is 45.1 Å². The maximum absolute atomic E-state index is 13.9. The van der Waals surface area contributed by atoms with E-state index in [4.69, 9.17) is 26.7 Å². The Balaban J connectivity index is 1.84. The van der Waals surface area contributed by atoms with Crippen molar-refractivity contribution in [3.05, 3.63) is 100 Å². The molecule has 2 unspecified atom stereocenters. The number of nitrogens with zero attached hydrogens (tertiary/aromatic N) is 1. The monoisotopic (exact) mass is 559 g/mol. The third-order valence-electron chi connectivity index (χ3n) is 7.12. The Labute approximate surface area is 242 Å². The van der Waals surface area contributed by atoms with Gasteiger partial charge in [0.05, 0.1) is 26.0 Å². The van der Waals surface area contributed by atoms with Gasteiger partial charge < -0.3 is 36.9 Å². The lowest BCUT2D eigenvalue weighted by Crippen LogP contribution is -2.50. The molecule has 3 aromatic rings. The van der Waals surface area contributed by atoms with E-state index in [0.717, 1.165) is 27.8 Å².